The Balaban J connectivity index is 0.000000187. The van der Waals surface area contributed by atoms with Gasteiger partial charge >= 0.3 is 5.97 Å². The summed E-state index contributed by atoms with van der Waals surface area (Å²) < 4.78 is 55.3. The number of carboxylic acids is 1. The van der Waals surface area contributed by atoms with Crippen LogP contribution in [0, 0.1) is 5.82 Å². The predicted molar refractivity (Wildman–Crippen MR) is 287 cm³/mol. The van der Waals surface area contributed by atoms with Gasteiger partial charge in [-0.25, -0.2) is 14.4 Å². The number of aliphatic carboxylic acids is 1. The number of benzene rings is 2. The van der Waals surface area contributed by atoms with Crippen LogP contribution in [0.3, 0.4) is 0 Å². The first-order valence-corrected chi connectivity index (χ1v) is 27.8. The smallest absolute Gasteiger partial charge is 0.325 e. The number of likely N-dealkylation sites (tertiary alicyclic amines) is 2. The number of aromatic nitrogens is 2. The van der Waals surface area contributed by atoms with Crippen molar-refractivity contribution in [2.45, 2.75) is 146 Å². The van der Waals surface area contributed by atoms with Gasteiger partial charge in [0, 0.05) is 92.7 Å². The van der Waals surface area contributed by atoms with Crippen LogP contribution < -0.4 is 24.8 Å². The van der Waals surface area contributed by atoms with E-state index in [2.05, 4.69) is 27.7 Å². The average molecular weight is 1050 g/mol. The highest BCUT2D eigenvalue weighted by atomic mass is 19.1. The number of carbonyl (C=O) groups is 2. The molecule has 412 valence electrons. The number of carbonyl (C=O) groups excluding carboxylic acids is 1. The van der Waals surface area contributed by atoms with Crippen molar-refractivity contribution in [1.82, 2.24) is 19.8 Å². The fourth-order valence-corrected chi connectivity index (χ4v) is 11.1. The van der Waals surface area contributed by atoms with Gasteiger partial charge in [0.1, 0.15) is 46.3 Å². The summed E-state index contributed by atoms with van der Waals surface area (Å²) >= 11 is 0. The van der Waals surface area contributed by atoms with Crippen molar-refractivity contribution in [3.8, 4) is 17.2 Å². The maximum atomic E-state index is 14.3. The Bertz CT molecular complexity index is 2560. The Morgan fingerprint density at radius 3 is 1.86 bits per heavy atom. The maximum absolute atomic E-state index is 14.3. The van der Waals surface area contributed by atoms with Gasteiger partial charge in [0.15, 0.2) is 5.78 Å². The van der Waals surface area contributed by atoms with E-state index in [1.54, 1.807) is 27.2 Å². The number of para-hydroxylation sites is 1. The summed E-state index contributed by atoms with van der Waals surface area (Å²) in [6.45, 7) is 10.9. The van der Waals surface area contributed by atoms with E-state index < -0.39 is 18.1 Å². The number of Topliss-reactive ketones (excluding diaryl/α,β-unsaturated/α-hetero) is 1. The number of aryl methyl sites for hydroxylation is 2. The van der Waals surface area contributed by atoms with Crippen molar-refractivity contribution < 1.29 is 52.2 Å². The molecule has 10 rings (SSSR count). The van der Waals surface area contributed by atoms with E-state index in [1.165, 1.54) is 23.3 Å². The van der Waals surface area contributed by atoms with Gasteiger partial charge in [-0.3, -0.25) is 19.4 Å². The number of anilines is 2. The van der Waals surface area contributed by atoms with E-state index in [0.29, 0.717) is 64.0 Å². The number of unbranched alkanes of at least 4 members (excludes halogenated alkanes) is 2. The number of halogens is 1. The SMILES string of the molecule is COc1cc(CCCCO[C@@H]2CCN(C(C(=O)O)c3ccccc3OC3CC3)C2)nc2c1CCCN2.COc1cc(CCCCO[C@@H]2CCN([C@@H](C(C)=O)c3cc(F)ccc3COC3(C)COC3)C2)nc2c1CCCN2. The molecule has 0 amide bonds. The Kier molecular flexibility index (Phi) is 19.1. The van der Waals surface area contributed by atoms with Gasteiger partial charge in [-0.2, -0.15) is 0 Å². The lowest BCUT2D eigenvalue weighted by atomic mass is 9.96. The standard InChI is InChI=1S/C31H42FN3O5.C28H37N3O5/c1-21(36)29(27-15-23(32)10-9-22(27)18-40-31(2)19-38-20-31)35-13-11-25(17-35)39-14-5-4-7-24-16-28(37-3)26-8-6-12-33-30(26)34-24;1-34-25-17-19(30-27-23(25)9-6-14-29-27)7-4-5-16-35-21-13-15-31(18-21)26(28(32)33)22-8-2-3-10-24(22)36-20-11-12-20/h9-10,15-16,25,29H,4-8,11-14,17-20H2,1-3H3,(H,33,34);2-3,8,10,17,20-21,26H,4-7,9,11-16,18H2,1H3,(H,29,30)(H,32,33)/t25-,29+;21-,26?/m11/s1. The van der Waals surface area contributed by atoms with Crippen molar-refractivity contribution in [2.24, 2.45) is 0 Å². The van der Waals surface area contributed by atoms with E-state index in [-0.39, 0.29) is 35.5 Å². The third-order valence-corrected chi connectivity index (χ3v) is 15.4. The second-order valence-corrected chi connectivity index (χ2v) is 21.5. The van der Waals surface area contributed by atoms with Gasteiger partial charge in [0.25, 0.3) is 0 Å². The monoisotopic (exact) mass is 1050 g/mol. The third-order valence-electron chi connectivity index (χ3n) is 15.4. The maximum Gasteiger partial charge on any atom is 0.325 e. The fraction of sp³-hybridized carbons (Fsp3) is 0.593. The number of hydrogen-bond acceptors (Lipinski definition) is 15. The molecule has 5 aliphatic heterocycles. The molecule has 0 radical (unpaired) electrons. The van der Waals surface area contributed by atoms with Crippen LogP contribution in [0.4, 0.5) is 16.0 Å². The van der Waals surface area contributed by atoms with Crippen LogP contribution in [-0.2, 0) is 60.8 Å². The lowest BCUT2D eigenvalue weighted by Gasteiger charge is -2.38. The zero-order chi connectivity index (χ0) is 53.0. The Morgan fingerprint density at radius 2 is 1.33 bits per heavy atom. The van der Waals surface area contributed by atoms with Gasteiger partial charge < -0.3 is 48.9 Å². The molecule has 6 aliphatic rings. The largest absolute Gasteiger partial charge is 0.496 e. The molecular formula is C59H79FN6O10. The minimum atomic E-state index is -0.843. The van der Waals surface area contributed by atoms with Crippen LogP contribution in [0.5, 0.6) is 17.2 Å². The normalized spacial score (nSPS) is 20.6. The molecular weight excluding hydrogens is 972 g/mol. The molecule has 3 N–H and O–H groups in total. The van der Waals surface area contributed by atoms with Crippen LogP contribution in [0.2, 0.25) is 0 Å². The predicted octanol–water partition coefficient (Wildman–Crippen LogP) is 8.87. The zero-order valence-electron chi connectivity index (χ0n) is 45.0. The van der Waals surface area contributed by atoms with Crippen molar-refractivity contribution in [3.63, 3.8) is 0 Å². The van der Waals surface area contributed by atoms with E-state index in [1.807, 2.05) is 36.1 Å². The molecule has 76 heavy (non-hydrogen) atoms. The molecule has 0 spiro atoms. The lowest BCUT2D eigenvalue weighted by molar-refractivity contribution is -0.204. The summed E-state index contributed by atoms with van der Waals surface area (Å²) in [4.78, 5) is 38.8. The van der Waals surface area contributed by atoms with Crippen molar-refractivity contribution in [1.29, 1.82) is 0 Å². The van der Waals surface area contributed by atoms with E-state index in [9.17, 15) is 19.1 Å². The van der Waals surface area contributed by atoms with Crippen molar-refractivity contribution in [2.75, 3.05) is 90.5 Å². The summed E-state index contributed by atoms with van der Waals surface area (Å²) in [6, 6.07) is 15.1. The number of methoxy groups -OCH3 is 2. The molecule has 1 aliphatic carbocycles. The second kappa shape index (κ2) is 26.3. The van der Waals surface area contributed by atoms with E-state index >= 15 is 0 Å². The quantitative estimate of drug-likeness (QED) is 0.0537. The van der Waals surface area contributed by atoms with Gasteiger partial charge in [0.05, 0.1) is 58.4 Å². The van der Waals surface area contributed by atoms with Gasteiger partial charge in [-0.05, 0) is 133 Å². The first kappa shape index (κ1) is 55.3. The first-order valence-electron chi connectivity index (χ1n) is 27.8. The Morgan fingerprint density at radius 1 is 0.750 bits per heavy atom. The molecule has 7 heterocycles. The molecule has 17 heteroatoms. The molecule has 4 fully saturated rings. The molecule has 1 saturated carbocycles. The number of hydrogen-bond donors (Lipinski definition) is 3. The average Bonchev–Trinajstić information content (AvgIpc) is 3.92. The number of nitrogens with zero attached hydrogens (tertiary/aromatic N) is 4. The highest BCUT2D eigenvalue weighted by molar-refractivity contribution is 5.83. The zero-order valence-corrected chi connectivity index (χ0v) is 45.0. The molecule has 0 bridgehead atoms. The van der Waals surface area contributed by atoms with Gasteiger partial charge in [0.2, 0.25) is 0 Å². The minimum absolute atomic E-state index is 0.00634. The lowest BCUT2D eigenvalue weighted by Crippen LogP contribution is -2.49. The van der Waals surface area contributed by atoms with Crippen molar-refractivity contribution >= 4 is 23.4 Å². The minimum Gasteiger partial charge on any atom is -0.496 e. The molecule has 2 aromatic carbocycles. The molecule has 1 unspecified atom stereocenters. The number of fused-ring (bicyclic) bond motifs is 2. The molecule has 2 aromatic heterocycles. The topological polar surface area (TPSA) is 175 Å². The summed E-state index contributed by atoms with van der Waals surface area (Å²) in [5.41, 5.74) is 6.36. The number of ketones is 1. The number of rotatable bonds is 25. The van der Waals surface area contributed by atoms with Crippen LogP contribution in [0.15, 0.2) is 54.6 Å². The van der Waals surface area contributed by atoms with Crippen molar-refractivity contribution in [3.05, 3.63) is 99.6 Å². The van der Waals surface area contributed by atoms with Crippen LogP contribution >= 0.6 is 0 Å². The highest BCUT2D eigenvalue weighted by Gasteiger charge is 2.38. The van der Waals surface area contributed by atoms with Crippen LogP contribution in [0.1, 0.15) is 129 Å². The number of ether oxygens (including phenoxy) is 7. The second-order valence-electron chi connectivity index (χ2n) is 21.5. The molecule has 3 saturated heterocycles. The highest BCUT2D eigenvalue weighted by Crippen LogP contribution is 2.38. The number of pyridine rings is 2. The molecule has 16 nitrogen and oxygen atoms in total. The third kappa shape index (κ3) is 14.4. The van der Waals surface area contributed by atoms with Crippen LogP contribution in [-0.4, -0.2) is 140 Å². The first-order chi connectivity index (χ1) is 37.0. The number of nitrogens with one attached hydrogen (secondary N) is 2. The Hall–Kier alpha value is -5.43. The van der Waals surface area contributed by atoms with E-state index in [0.717, 1.165) is 155 Å². The summed E-state index contributed by atoms with van der Waals surface area (Å²) in [5, 5.41) is 16.8. The molecule has 4 aromatic rings. The van der Waals surface area contributed by atoms with Crippen LogP contribution in [0.25, 0.3) is 0 Å². The summed E-state index contributed by atoms with van der Waals surface area (Å²) in [5.74, 6) is 3.28. The number of carboxylic acid groups (broad SMARTS) is 1. The summed E-state index contributed by atoms with van der Waals surface area (Å²) in [7, 11) is 3.44. The summed E-state index contributed by atoms with van der Waals surface area (Å²) in [6.07, 6.45) is 13.9. The fourth-order valence-electron chi connectivity index (χ4n) is 11.1. The Labute approximate surface area is 447 Å². The van der Waals surface area contributed by atoms with Gasteiger partial charge in [-0.1, -0.05) is 24.3 Å². The van der Waals surface area contributed by atoms with Gasteiger partial charge in [-0.15, -0.1) is 0 Å². The molecule has 4 atom stereocenters. The van der Waals surface area contributed by atoms with E-state index in [4.69, 9.17) is 43.1 Å².